The molecule has 20 heavy (non-hydrogen) atoms. The van der Waals surface area contributed by atoms with Gasteiger partial charge in [0, 0.05) is 12.6 Å². The molecule has 2 aromatic heterocycles. The molecule has 0 aliphatic rings. The van der Waals surface area contributed by atoms with Gasteiger partial charge in [0.25, 0.3) is 0 Å². The second kappa shape index (κ2) is 5.10. The third kappa shape index (κ3) is 2.32. The van der Waals surface area contributed by atoms with Gasteiger partial charge in [-0.3, -0.25) is 0 Å². The van der Waals surface area contributed by atoms with Gasteiger partial charge in [-0.05, 0) is 31.5 Å². The second-order valence-electron chi connectivity index (χ2n) is 5.21. The normalized spacial score (nSPS) is 12.8. The van der Waals surface area contributed by atoms with Gasteiger partial charge in [-0.1, -0.05) is 35.9 Å². The van der Waals surface area contributed by atoms with Crippen LogP contribution in [0.25, 0.3) is 5.65 Å². The minimum Gasteiger partial charge on any atom is -0.387 e. The van der Waals surface area contributed by atoms with Gasteiger partial charge < -0.3 is 9.51 Å². The van der Waals surface area contributed by atoms with Crippen molar-refractivity contribution in [3.05, 3.63) is 71.2 Å². The first-order valence-electron chi connectivity index (χ1n) is 6.84. The zero-order chi connectivity index (χ0) is 14.1. The molecular formula is C17H18N2O. The number of imidazole rings is 1. The van der Waals surface area contributed by atoms with Gasteiger partial charge in [0.1, 0.15) is 5.65 Å². The number of pyridine rings is 1. The van der Waals surface area contributed by atoms with E-state index in [9.17, 15) is 5.11 Å². The lowest BCUT2D eigenvalue weighted by molar-refractivity contribution is 0.192. The van der Waals surface area contributed by atoms with Crippen LogP contribution < -0.4 is 0 Å². The summed E-state index contributed by atoms with van der Waals surface area (Å²) in [7, 11) is 0. The fourth-order valence-corrected chi connectivity index (χ4v) is 2.65. The molecule has 0 spiro atoms. The lowest BCUT2D eigenvalue weighted by Crippen LogP contribution is -2.02. The Labute approximate surface area is 118 Å². The van der Waals surface area contributed by atoms with Crippen molar-refractivity contribution in [2.45, 2.75) is 26.4 Å². The average molecular weight is 266 g/mol. The van der Waals surface area contributed by atoms with Crippen LogP contribution in [-0.2, 0) is 6.42 Å². The van der Waals surface area contributed by atoms with Gasteiger partial charge in [-0.25, -0.2) is 4.98 Å². The number of aliphatic hydroxyl groups is 1. The van der Waals surface area contributed by atoms with Crippen LogP contribution in [-0.4, -0.2) is 14.5 Å². The van der Waals surface area contributed by atoms with E-state index in [-0.39, 0.29) is 0 Å². The van der Waals surface area contributed by atoms with E-state index < -0.39 is 6.10 Å². The van der Waals surface area contributed by atoms with E-state index in [0.717, 1.165) is 23.5 Å². The van der Waals surface area contributed by atoms with Crippen LogP contribution in [0.2, 0.25) is 0 Å². The van der Waals surface area contributed by atoms with Crippen LogP contribution in [0.4, 0.5) is 0 Å². The van der Waals surface area contributed by atoms with Crippen molar-refractivity contribution < 1.29 is 5.11 Å². The van der Waals surface area contributed by atoms with Crippen LogP contribution in [0, 0.1) is 6.92 Å². The monoisotopic (exact) mass is 266 g/mol. The lowest BCUT2D eigenvalue weighted by Gasteiger charge is -2.08. The van der Waals surface area contributed by atoms with Crippen LogP contribution in [0.3, 0.4) is 0 Å². The molecule has 0 radical (unpaired) electrons. The molecule has 0 bridgehead atoms. The highest BCUT2D eigenvalue weighted by Crippen LogP contribution is 2.22. The first-order chi connectivity index (χ1) is 9.65. The summed E-state index contributed by atoms with van der Waals surface area (Å²) in [5, 5.41) is 10.1. The van der Waals surface area contributed by atoms with E-state index in [1.54, 1.807) is 6.92 Å². The van der Waals surface area contributed by atoms with Crippen LogP contribution in [0.1, 0.15) is 35.5 Å². The standard InChI is InChI=1S/C17H18N2O/c1-12-6-5-7-14(10-12)11-15-17(13(2)20)19-9-4-3-8-16(19)18-15/h3-10,13,20H,11H2,1-2H3. The Hall–Kier alpha value is -2.13. The van der Waals surface area contributed by atoms with E-state index >= 15 is 0 Å². The Kier molecular flexibility index (Phi) is 3.28. The predicted molar refractivity (Wildman–Crippen MR) is 79.8 cm³/mol. The van der Waals surface area contributed by atoms with Crippen LogP contribution in [0.15, 0.2) is 48.7 Å². The maximum absolute atomic E-state index is 10.1. The summed E-state index contributed by atoms with van der Waals surface area (Å²) < 4.78 is 1.97. The molecule has 2 heterocycles. The van der Waals surface area contributed by atoms with Crippen LogP contribution in [0.5, 0.6) is 0 Å². The highest BCUT2D eigenvalue weighted by Gasteiger charge is 2.16. The van der Waals surface area contributed by atoms with Crippen molar-refractivity contribution in [2.75, 3.05) is 0 Å². The SMILES string of the molecule is Cc1cccc(Cc2nc3ccccn3c2C(C)O)c1. The van der Waals surface area contributed by atoms with Gasteiger partial charge in [-0.15, -0.1) is 0 Å². The molecule has 3 heteroatoms. The van der Waals surface area contributed by atoms with Crippen molar-refractivity contribution >= 4 is 5.65 Å². The van der Waals surface area contributed by atoms with E-state index in [1.165, 1.54) is 11.1 Å². The average Bonchev–Trinajstić information content (AvgIpc) is 2.76. The summed E-state index contributed by atoms with van der Waals surface area (Å²) in [5.74, 6) is 0. The smallest absolute Gasteiger partial charge is 0.137 e. The van der Waals surface area contributed by atoms with E-state index in [2.05, 4.69) is 36.2 Å². The maximum atomic E-state index is 10.1. The summed E-state index contributed by atoms with van der Waals surface area (Å²) >= 11 is 0. The second-order valence-corrected chi connectivity index (χ2v) is 5.21. The largest absolute Gasteiger partial charge is 0.387 e. The lowest BCUT2D eigenvalue weighted by atomic mass is 10.0. The predicted octanol–water partition coefficient (Wildman–Crippen LogP) is 3.29. The molecule has 1 unspecified atom stereocenters. The molecule has 3 rings (SSSR count). The summed E-state index contributed by atoms with van der Waals surface area (Å²) in [5.41, 5.74) is 5.16. The number of aryl methyl sites for hydroxylation is 1. The minimum absolute atomic E-state index is 0.535. The summed E-state index contributed by atoms with van der Waals surface area (Å²) in [6.45, 7) is 3.87. The molecule has 1 N–H and O–H groups in total. The Morgan fingerprint density at radius 3 is 2.80 bits per heavy atom. The quantitative estimate of drug-likeness (QED) is 0.790. The first kappa shape index (κ1) is 12.9. The van der Waals surface area contributed by atoms with Gasteiger partial charge in [0.2, 0.25) is 0 Å². The molecule has 0 saturated carbocycles. The van der Waals surface area contributed by atoms with Crippen molar-refractivity contribution in [2.24, 2.45) is 0 Å². The molecule has 1 atom stereocenters. The fourth-order valence-electron chi connectivity index (χ4n) is 2.65. The van der Waals surface area contributed by atoms with Crippen molar-refractivity contribution in [3.8, 4) is 0 Å². The number of hydrogen-bond acceptors (Lipinski definition) is 2. The van der Waals surface area contributed by atoms with Gasteiger partial charge in [0.05, 0.1) is 17.5 Å². The van der Waals surface area contributed by atoms with Gasteiger partial charge >= 0.3 is 0 Å². The molecule has 0 amide bonds. The molecule has 0 fully saturated rings. The zero-order valence-electron chi connectivity index (χ0n) is 11.7. The van der Waals surface area contributed by atoms with E-state index in [0.29, 0.717) is 0 Å². The topological polar surface area (TPSA) is 37.5 Å². The number of fused-ring (bicyclic) bond motifs is 1. The van der Waals surface area contributed by atoms with Crippen molar-refractivity contribution in [1.29, 1.82) is 0 Å². The Morgan fingerprint density at radius 2 is 2.05 bits per heavy atom. The summed E-state index contributed by atoms with van der Waals surface area (Å²) in [6, 6.07) is 14.3. The third-order valence-electron chi connectivity index (χ3n) is 3.49. The van der Waals surface area contributed by atoms with E-state index in [1.807, 2.05) is 28.8 Å². The number of aromatic nitrogens is 2. The van der Waals surface area contributed by atoms with Gasteiger partial charge in [0.15, 0.2) is 0 Å². The minimum atomic E-state index is -0.535. The molecule has 3 aromatic rings. The van der Waals surface area contributed by atoms with Crippen molar-refractivity contribution in [3.63, 3.8) is 0 Å². The first-order valence-corrected chi connectivity index (χ1v) is 6.84. The highest BCUT2D eigenvalue weighted by molar-refractivity contribution is 5.45. The highest BCUT2D eigenvalue weighted by atomic mass is 16.3. The molecule has 102 valence electrons. The number of hydrogen-bond donors (Lipinski definition) is 1. The molecule has 3 nitrogen and oxygen atoms in total. The molecule has 0 aliphatic carbocycles. The van der Waals surface area contributed by atoms with Crippen molar-refractivity contribution in [1.82, 2.24) is 9.38 Å². The number of aliphatic hydroxyl groups excluding tert-OH is 1. The number of nitrogens with zero attached hydrogens (tertiary/aromatic N) is 2. The Balaban J connectivity index is 2.09. The molecule has 1 aromatic carbocycles. The maximum Gasteiger partial charge on any atom is 0.137 e. The Morgan fingerprint density at radius 1 is 1.20 bits per heavy atom. The fraction of sp³-hybridized carbons (Fsp3) is 0.235. The Bertz CT molecular complexity index is 744. The summed E-state index contributed by atoms with van der Waals surface area (Å²) in [6.07, 6.45) is 2.15. The number of benzene rings is 1. The summed E-state index contributed by atoms with van der Waals surface area (Å²) in [4.78, 5) is 4.66. The van der Waals surface area contributed by atoms with Gasteiger partial charge in [-0.2, -0.15) is 0 Å². The van der Waals surface area contributed by atoms with E-state index in [4.69, 9.17) is 0 Å². The molecule has 0 saturated heterocycles. The van der Waals surface area contributed by atoms with Crippen LogP contribution >= 0.6 is 0 Å². The zero-order valence-corrected chi connectivity index (χ0v) is 11.7. The molecule has 0 aliphatic heterocycles. The third-order valence-corrected chi connectivity index (χ3v) is 3.49. The number of rotatable bonds is 3. The molecular weight excluding hydrogens is 248 g/mol.